The van der Waals surface area contributed by atoms with Gasteiger partial charge in [-0.25, -0.2) is 0 Å². The van der Waals surface area contributed by atoms with Gasteiger partial charge in [-0.15, -0.1) is 0 Å². The maximum atomic E-state index is 12.7. The maximum absolute atomic E-state index is 12.7. The molecule has 3 rings (SSSR count). The molecular weight excluding hydrogens is 378 g/mol. The molecule has 3 N–H and O–H groups in total. The van der Waals surface area contributed by atoms with Crippen molar-refractivity contribution in [2.45, 2.75) is 19.4 Å². The van der Waals surface area contributed by atoms with Crippen LogP contribution in [0, 0.1) is 6.92 Å². The monoisotopic (exact) mass is 399 g/mol. The molecule has 1 amide bonds. The van der Waals surface area contributed by atoms with Crippen molar-refractivity contribution in [3.63, 3.8) is 0 Å². The maximum Gasteiger partial charge on any atom is 0.305 e. The number of aromatic amines is 1. The zero-order valence-corrected chi connectivity index (χ0v) is 16.2. The van der Waals surface area contributed by atoms with Gasteiger partial charge in [-0.2, -0.15) is 5.10 Å². The lowest BCUT2D eigenvalue weighted by molar-refractivity contribution is -0.137. The van der Waals surface area contributed by atoms with Gasteiger partial charge in [0.2, 0.25) is 0 Å². The van der Waals surface area contributed by atoms with Gasteiger partial charge in [0.15, 0.2) is 11.5 Å². The van der Waals surface area contributed by atoms with Crippen LogP contribution >= 0.6 is 0 Å². The summed E-state index contributed by atoms with van der Waals surface area (Å²) in [6, 6.07) is 9.23. The normalized spacial score (nSPS) is 11.7. The van der Waals surface area contributed by atoms with Crippen molar-refractivity contribution < 1.29 is 28.6 Å². The molecule has 0 saturated carbocycles. The highest BCUT2D eigenvalue weighted by Crippen LogP contribution is 2.31. The van der Waals surface area contributed by atoms with Crippen molar-refractivity contribution in [2.24, 2.45) is 0 Å². The molecule has 1 unspecified atom stereocenters. The molecule has 2 aromatic heterocycles. The lowest BCUT2D eigenvalue weighted by atomic mass is 10.0. The molecule has 0 aliphatic rings. The van der Waals surface area contributed by atoms with Gasteiger partial charge in [-0.3, -0.25) is 14.7 Å². The smallest absolute Gasteiger partial charge is 0.305 e. The first-order valence-electron chi connectivity index (χ1n) is 8.78. The molecule has 2 heterocycles. The third-order valence-corrected chi connectivity index (χ3v) is 4.32. The van der Waals surface area contributed by atoms with Gasteiger partial charge in [0.25, 0.3) is 5.91 Å². The zero-order chi connectivity index (χ0) is 21.0. The number of carbonyl (C=O) groups excluding carboxylic acids is 1. The number of benzene rings is 1. The van der Waals surface area contributed by atoms with Crippen LogP contribution in [0.5, 0.6) is 11.5 Å². The number of hydrogen-bond donors (Lipinski definition) is 3. The number of rotatable bonds is 8. The van der Waals surface area contributed by atoms with Crippen LogP contribution in [0.25, 0.3) is 11.5 Å². The Balaban J connectivity index is 1.85. The van der Waals surface area contributed by atoms with Crippen LogP contribution in [-0.4, -0.2) is 41.4 Å². The summed E-state index contributed by atoms with van der Waals surface area (Å²) in [5.74, 6) is 0.643. The standard InChI is InChI=1S/C20H21N3O6/c1-11-4-7-17(29-11)15-9-16(23-22-15)20(26)21-14(10-19(24)25)13-6-5-12(27-2)8-18(13)28-3/h4-9,14H,10H2,1-3H3,(H,21,26)(H,22,23)(H,24,25). The summed E-state index contributed by atoms with van der Waals surface area (Å²) in [4.78, 5) is 24.1. The van der Waals surface area contributed by atoms with E-state index in [4.69, 9.17) is 13.9 Å². The van der Waals surface area contributed by atoms with Gasteiger partial charge in [0.1, 0.15) is 23.0 Å². The molecular formula is C20H21N3O6. The van der Waals surface area contributed by atoms with Gasteiger partial charge in [0.05, 0.1) is 26.7 Å². The third kappa shape index (κ3) is 4.57. The van der Waals surface area contributed by atoms with Crippen molar-refractivity contribution in [1.82, 2.24) is 15.5 Å². The summed E-state index contributed by atoms with van der Waals surface area (Å²) in [7, 11) is 2.98. The van der Waals surface area contributed by atoms with Crippen LogP contribution in [0.4, 0.5) is 0 Å². The van der Waals surface area contributed by atoms with E-state index in [0.29, 0.717) is 28.5 Å². The summed E-state index contributed by atoms with van der Waals surface area (Å²) >= 11 is 0. The average molecular weight is 399 g/mol. The minimum atomic E-state index is -1.07. The summed E-state index contributed by atoms with van der Waals surface area (Å²) in [5.41, 5.74) is 1.17. The Morgan fingerprint density at radius 2 is 2.00 bits per heavy atom. The second-order valence-corrected chi connectivity index (χ2v) is 6.31. The number of H-pyrrole nitrogens is 1. The van der Waals surface area contributed by atoms with Crippen molar-refractivity contribution in [2.75, 3.05) is 14.2 Å². The fraction of sp³-hybridized carbons (Fsp3) is 0.250. The Labute approximate surface area is 166 Å². The summed E-state index contributed by atoms with van der Waals surface area (Å²) in [5, 5.41) is 18.8. The molecule has 9 nitrogen and oxygen atoms in total. The predicted molar refractivity (Wildman–Crippen MR) is 103 cm³/mol. The minimum Gasteiger partial charge on any atom is -0.497 e. The van der Waals surface area contributed by atoms with E-state index in [2.05, 4.69) is 15.5 Å². The van der Waals surface area contributed by atoms with E-state index >= 15 is 0 Å². The average Bonchev–Trinajstić information content (AvgIpc) is 3.35. The quantitative estimate of drug-likeness (QED) is 0.531. The van der Waals surface area contributed by atoms with E-state index in [1.807, 2.05) is 6.92 Å². The first kappa shape index (κ1) is 20.0. The Morgan fingerprint density at radius 3 is 2.62 bits per heavy atom. The molecule has 0 saturated heterocycles. The van der Waals surface area contributed by atoms with Gasteiger partial charge in [-0.1, -0.05) is 0 Å². The molecule has 0 bridgehead atoms. The molecule has 1 atom stereocenters. The minimum absolute atomic E-state index is 0.108. The van der Waals surface area contributed by atoms with Crippen LogP contribution in [0.3, 0.4) is 0 Å². The molecule has 0 fully saturated rings. The fourth-order valence-corrected chi connectivity index (χ4v) is 2.90. The van der Waals surface area contributed by atoms with E-state index in [-0.39, 0.29) is 12.1 Å². The number of amides is 1. The Kier molecular flexibility index (Phi) is 5.87. The number of carboxylic acids is 1. The van der Waals surface area contributed by atoms with Gasteiger partial charge < -0.3 is 24.3 Å². The summed E-state index contributed by atoms with van der Waals surface area (Å²) in [6.07, 6.45) is -0.330. The second kappa shape index (κ2) is 8.51. The highest BCUT2D eigenvalue weighted by Gasteiger charge is 2.24. The SMILES string of the molecule is COc1ccc(C(CC(=O)O)NC(=O)c2cc(-c3ccc(C)o3)[nH]n2)c(OC)c1. The predicted octanol–water partition coefficient (Wildman–Crippen LogP) is 2.94. The van der Waals surface area contributed by atoms with E-state index in [0.717, 1.165) is 5.76 Å². The summed E-state index contributed by atoms with van der Waals surface area (Å²) < 4.78 is 16.0. The van der Waals surface area contributed by atoms with Gasteiger partial charge in [0, 0.05) is 17.7 Å². The van der Waals surface area contributed by atoms with E-state index in [9.17, 15) is 14.7 Å². The van der Waals surface area contributed by atoms with Crippen molar-refractivity contribution in [3.8, 4) is 23.0 Å². The number of aryl methyl sites for hydroxylation is 1. The number of aliphatic carboxylic acids is 1. The Bertz CT molecular complexity index is 1020. The number of hydrogen-bond acceptors (Lipinski definition) is 6. The molecule has 29 heavy (non-hydrogen) atoms. The van der Waals surface area contributed by atoms with Crippen LogP contribution in [-0.2, 0) is 4.79 Å². The second-order valence-electron chi connectivity index (χ2n) is 6.31. The van der Waals surface area contributed by atoms with Crippen molar-refractivity contribution >= 4 is 11.9 Å². The number of carboxylic acid groups (broad SMARTS) is 1. The lowest BCUT2D eigenvalue weighted by Crippen LogP contribution is -2.30. The van der Waals surface area contributed by atoms with Crippen LogP contribution in [0.2, 0.25) is 0 Å². The molecule has 0 aliphatic heterocycles. The highest BCUT2D eigenvalue weighted by molar-refractivity contribution is 5.93. The zero-order valence-electron chi connectivity index (χ0n) is 16.2. The Morgan fingerprint density at radius 1 is 1.21 bits per heavy atom. The first-order chi connectivity index (χ1) is 13.9. The number of ether oxygens (including phenoxy) is 2. The topological polar surface area (TPSA) is 127 Å². The number of aromatic nitrogens is 2. The van der Waals surface area contributed by atoms with E-state index in [1.54, 1.807) is 30.3 Å². The summed E-state index contributed by atoms with van der Waals surface area (Å²) in [6.45, 7) is 1.81. The lowest BCUT2D eigenvalue weighted by Gasteiger charge is -2.20. The molecule has 0 spiro atoms. The van der Waals surface area contributed by atoms with Gasteiger partial charge in [-0.05, 0) is 31.2 Å². The van der Waals surface area contributed by atoms with E-state index < -0.39 is 17.9 Å². The number of nitrogens with zero attached hydrogens (tertiary/aromatic N) is 1. The number of furan rings is 1. The Hall–Kier alpha value is -3.75. The molecule has 9 heteroatoms. The van der Waals surface area contributed by atoms with Crippen molar-refractivity contribution in [1.29, 1.82) is 0 Å². The largest absolute Gasteiger partial charge is 0.497 e. The van der Waals surface area contributed by atoms with Crippen LogP contribution in [0.15, 0.2) is 40.8 Å². The number of carbonyl (C=O) groups is 2. The molecule has 1 aromatic carbocycles. The van der Waals surface area contributed by atoms with Gasteiger partial charge >= 0.3 is 5.97 Å². The third-order valence-electron chi connectivity index (χ3n) is 4.32. The highest BCUT2D eigenvalue weighted by atomic mass is 16.5. The van der Waals surface area contributed by atoms with E-state index in [1.165, 1.54) is 20.3 Å². The van der Waals surface area contributed by atoms with Crippen LogP contribution in [0.1, 0.15) is 34.3 Å². The van der Waals surface area contributed by atoms with Crippen molar-refractivity contribution in [3.05, 3.63) is 53.4 Å². The molecule has 152 valence electrons. The van der Waals surface area contributed by atoms with Crippen LogP contribution < -0.4 is 14.8 Å². The molecule has 0 aliphatic carbocycles. The number of nitrogens with one attached hydrogen (secondary N) is 2. The molecule has 3 aromatic rings. The number of methoxy groups -OCH3 is 2. The fourth-order valence-electron chi connectivity index (χ4n) is 2.90. The molecule has 0 radical (unpaired) electrons. The first-order valence-corrected chi connectivity index (χ1v) is 8.78.